The van der Waals surface area contributed by atoms with E-state index in [2.05, 4.69) is 30.3 Å². The van der Waals surface area contributed by atoms with E-state index >= 15 is 0 Å². The van der Waals surface area contributed by atoms with Crippen LogP contribution in [0.4, 0.5) is 0 Å². The van der Waals surface area contributed by atoms with Gasteiger partial charge < -0.3 is 5.73 Å². The lowest BCUT2D eigenvalue weighted by molar-refractivity contribution is 1.12. The summed E-state index contributed by atoms with van der Waals surface area (Å²) < 4.78 is 0. The van der Waals surface area contributed by atoms with Gasteiger partial charge in [-0.1, -0.05) is 36.4 Å². The normalized spacial score (nSPS) is 16.7. The van der Waals surface area contributed by atoms with Crippen molar-refractivity contribution < 1.29 is 0 Å². The maximum absolute atomic E-state index is 5.43. The van der Waals surface area contributed by atoms with Crippen molar-refractivity contribution in [2.45, 2.75) is 18.8 Å². The molecule has 0 atom stereocenters. The van der Waals surface area contributed by atoms with Crippen molar-refractivity contribution in [1.82, 2.24) is 0 Å². The molecule has 0 saturated heterocycles. The third-order valence-electron chi connectivity index (χ3n) is 2.45. The Morgan fingerprint density at radius 3 is 2.77 bits per heavy atom. The summed E-state index contributed by atoms with van der Waals surface area (Å²) in [7, 11) is 0. The fraction of sp³-hybridized carbons (Fsp3) is 0.333. The number of hydrogen-bond donors (Lipinski definition) is 1. The molecule has 0 heterocycles. The standard InChI is InChI=1S/C12H15N/c13-9-3-5-10-4-1-2-6-12(10)11-7-8-11/h1-6,11H,7-9,13H2/b5-3+. The van der Waals surface area contributed by atoms with Crippen LogP contribution < -0.4 is 5.73 Å². The maximum atomic E-state index is 5.43. The Labute approximate surface area is 79.3 Å². The maximum Gasteiger partial charge on any atom is 0.0110 e. The van der Waals surface area contributed by atoms with Gasteiger partial charge in [0.1, 0.15) is 0 Å². The smallest absolute Gasteiger partial charge is 0.0110 e. The Morgan fingerprint density at radius 1 is 1.31 bits per heavy atom. The zero-order chi connectivity index (χ0) is 9.10. The van der Waals surface area contributed by atoms with Crippen LogP contribution in [-0.2, 0) is 0 Å². The van der Waals surface area contributed by atoms with Crippen molar-refractivity contribution in [3.8, 4) is 0 Å². The first kappa shape index (κ1) is 8.52. The molecule has 13 heavy (non-hydrogen) atoms. The molecule has 0 aliphatic heterocycles. The highest BCUT2D eigenvalue weighted by Gasteiger charge is 2.24. The van der Waals surface area contributed by atoms with E-state index in [0.29, 0.717) is 6.54 Å². The van der Waals surface area contributed by atoms with Crippen LogP contribution in [0.3, 0.4) is 0 Å². The lowest BCUT2D eigenvalue weighted by Gasteiger charge is -2.02. The second kappa shape index (κ2) is 3.75. The summed E-state index contributed by atoms with van der Waals surface area (Å²) >= 11 is 0. The van der Waals surface area contributed by atoms with Crippen LogP contribution in [0, 0.1) is 0 Å². The average molecular weight is 173 g/mol. The van der Waals surface area contributed by atoms with Gasteiger partial charge in [0, 0.05) is 6.54 Å². The van der Waals surface area contributed by atoms with Gasteiger partial charge in [-0.05, 0) is 29.9 Å². The molecule has 0 bridgehead atoms. The first-order valence-electron chi connectivity index (χ1n) is 4.87. The fourth-order valence-electron chi connectivity index (χ4n) is 1.62. The highest BCUT2D eigenvalue weighted by Crippen LogP contribution is 2.41. The molecule has 0 radical (unpaired) electrons. The van der Waals surface area contributed by atoms with Crippen LogP contribution in [-0.4, -0.2) is 6.54 Å². The van der Waals surface area contributed by atoms with E-state index in [4.69, 9.17) is 5.73 Å². The lowest BCUT2D eigenvalue weighted by atomic mass is 10.0. The average Bonchev–Trinajstić information content (AvgIpc) is 2.98. The first-order valence-corrected chi connectivity index (χ1v) is 4.87. The molecule has 0 unspecified atom stereocenters. The molecule has 1 saturated carbocycles. The van der Waals surface area contributed by atoms with Crippen molar-refractivity contribution >= 4 is 6.08 Å². The Morgan fingerprint density at radius 2 is 2.08 bits per heavy atom. The zero-order valence-electron chi connectivity index (χ0n) is 7.74. The highest BCUT2D eigenvalue weighted by molar-refractivity contribution is 5.55. The summed E-state index contributed by atoms with van der Waals surface area (Å²) in [5, 5.41) is 0. The van der Waals surface area contributed by atoms with Crippen molar-refractivity contribution in [1.29, 1.82) is 0 Å². The first-order chi connectivity index (χ1) is 6.42. The monoisotopic (exact) mass is 173 g/mol. The topological polar surface area (TPSA) is 26.0 Å². The minimum absolute atomic E-state index is 0.624. The van der Waals surface area contributed by atoms with Crippen LogP contribution >= 0.6 is 0 Å². The molecule has 2 rings (SSSR count). The van der Waals surface area contributed by atoms with E-state index in [1.54, 1.807) is 0 Å². The molecule has 0 spiro atoms. The molecule has 0 aromatic heterocycles. The summed E-state index contributed by atoms with van der Waals surface area (Å²) in [6.07, 6.45) is 6.86. The van der Waals surface area contributed by atoms with E-state index in [1.165, 1.54) is 24.0 Å². The number of benzene rings is 1. The van der Waals surface area contributed by atoms with Crippen molar-refractivity contribution in [3.63, 3.8) is 0 Å². The molecule has 68 valence electrons. The van der Waals surface area contributed by atoms with Gasteiger partial charge >= 0.3 is 0 Å². The minimum atomic E-state index is 0.624. The Hall–Kier alpha value is -1.08. The highest BCUT2D eigenvalue weighted by atomic mass is 14.5. The Balaban J connectivity index is 2.26. The number of hydrogen-bond acceptors (Lipinski definition) is 1. The molecule has 1 nitrogen and oxygen atoms in total. The second-order valence-corrected chi connectivity index (χ2v) is 3.54. The van der Waals surface area contributed by atoms with Gasteiger partial charge in [0.05, 0.1) is 0 Å². The largest absolute Gasteiger partial charge is 0.327 e. The molecule has 2 N–H and O–H groups in total. The molecule has 1 aliphatic rings. The van der Waals surface area contributed by atoms with Crippen molar-refractivity contribution in [2.24, 2.45) is 5.73 Å². The molecular formula is C12H15N. The second-order valence-electron chi connectivity index (χ2n) is 3.54. The molecule has 0 amide bonds. The van der Waals surface area contributed by atoms with E-state index in [0.717, 1.165) is 5.92 Å². The minimum Gasteiger partial charge on any atom is -0.327 e. The van der Waals surface area contributed by atoms with Crippen molar-refractivity contribution in [2.75, 3.05) is 6.54 Å². The SMILES string of the molecule is NC/C=C/c1ccccc1C1CC1. The van der Waals surface area contributed by atoms with Gasteiger partial charge in [0.15, 0.2) is 0 Å². The van der Waals surface area contributed by atoms with E-state index in [-0.39, 0.29) is 0 Å². The fourth-order valence-corrected chi connectivity index (χ4v) is 1.62. The van der Waals surface area contributed by atoms with Gasteiger partial charge in [0.2, 0.25) is 0 Å². The molecule has 1 aromatic carbocycles. The predicted molar refractivity (Wildman–Crippen MR) is 56.5 cm³/mol. The van der Waals surface area contributed by atoms with Crippen LogP contribution in [0.2, 0.25) is 0 Å². The van der Waals surface area contributed by atoms with Crippen LogP contribution in [0.25, 0.3) is 6.08 Å². The number of nitrogens with two attached hydrogens (primary N) is 1. The summed E-state index contributed by atoms with van der Waals surface area (Å²) in [6.45, 7) is 0.624. The van der Waals surface area contributed by atoms with Gasteiger partial charge in [-0.15, -0.1) is 0 Å². The van der Waals surface area contributed by atoms with Crippen LogP contribution in [0.5, 0.6) is 0 Å². The Kier molecular flexibility index (Phi) is 2.46. The van der Waals surface area contributed by atoms with Gasteiger partial charge in [-0.3, -0.25) is 0 Å². The molecule has 1 aliphatic carbocycles. The Bertz CT molecular complexity index is 311. The zero-order valence-corrected chi connectivity index (χ0v) is 7.74. The summed E-state index contributed by atoms with van der Waals surface area (Å²) in [6, 6.07) is 8.60. The van der Waals surface area contributed by atoms with Crippen LogP contribution in [0.1, 0.15) is 29.9 Å². The van der Waals surface area contributed by atoms with Crippen molar-refractivity contribution in [3.05, 3.63) is 41.5 Å². The van der Waals surface area contributed by atoms with Crippen LogP contribution in [0.15, 0.2) is 30.3 Å². The molecule has 1 heteroatoms. The summed E-state index contributed by atoms with van der Waals surface area (Å²) in [4.78, 5) is 0. The molecular weight excluding hydrogens is 158 g/mol. The predicted octanol–water partition coefficient (Wildman–Crippen LogP) is 2.54. The number of rotatable bonds is 3. The van der Waals surface area contributed by atoms with Gasteiger partial charge in [0.25, 0.3) is 0 Å². The van der Waals surface area contributed by atoms with Gasteiger partial charge in [-0.2, -0.15) is 0 Å². The summed E-state index contributed by atoms with van der Waals surface area (Å²) in [5.41, 5.74) is 8.27. The third-order valence-corrected chi connectivity index (χ3v) is 2.45. The third kappa shape index (κ3) is 1.99. The molecule has 1 fully saturated rings. The quantitative estimate of drug-likeness (QED) is 0.746. The van der Waals surface area contributed by atoms with E-state index in [1.807, 2.05) is 6.08 Å². The summed E-state index contributed by atoms with van der Waals surface area (Å²) in [5.74, 6) is 0.818. The lowest BCUT2D eigenvalue weighted by Crippen LogP contribution is -1.92. The van der Waals surface area contributed by atoms with E-state index in [9.17, 15) is 0 Å². The van der Waals surface area contributed by atoms with Gasteiger partial charge in [-0.25, -0.2) is 0 Å². The van der Waals surface area contributed by atoms with E-state index < -0.39 is 0 Å². The molecule has 1 aromatic rings.